The number of benzene rings is 1. The van der Waals surface area contributed by atoms with Gasteiger partial charge in [0.15, 0.2) is 5.78 Å². The van der Waals surface area contributed by atoms with Crippen molar-refractivity contribution in [2.75, 3.05) is 0 Å². The first-order valence-electron chi connectivity index (χ1n) is 11.5. The van der Waals surface area contributed by atoms with Crippen LogP contribution in [0.5, 0.6) is 0 Å². The van der Waals surface area contributed by atoms with Crippen molar-refractivity contribution >= 4 is 5.78 Å². The lowest BCUT2D eigenvalue weighted by Crippen LogP contribution is -1.92. The second-order valence-corrected chi connectivity index (χ2v) is 6.46. The first kappa shape index (κ1) is 33.5. The van der Waals surface area contributed by atoms with E-state index in [0.717, 1.165) is 11.5 Å². The molecule has 0 radical (unpaired) electrons. The number of hydrogen-bond acceptors (Lipinski definition) is 1. The summed E-state index contributed by atoms with van der Waals surface area (Å²) in [7, 11) is 0. The summed E-state index contributed by atoms with van der Waals surface area (Å²) in [6.07, 6.45) is 9.62. The van der Waals surface area contributed by atoms with Crippen LogP contribution in [0.25, 0.3) is 0 Å². The van der Waals surface area contributed by atoms with E-state index in [1.165, 1.54) is 50.5 Å². The molecule has 1 rings (SSSR count). The van der Waals surface area contributed by atoms with Crippen LogP contribution in [0.3, 0.4) is 0 Å². The molecule has 1 nitrogen and oxygen atoms in total. The van der Waals surface area contributed by atoms with E-state index in [-0.39, 0.29) is 5.78 Å². The molecule has 27 heavy (non-hydrogen) atoms. The number of carbonyl (C=O) groups is 1. The summed E-state index contributed by atoms with van der Waals surface area (Å²) in [5.41, 5.74) is 1.97. The second-order valence-electron chi connectivity index (χ2n) is 6.46. The van der Waals surface area contributed by atoms with E-state index in [4.69, 9.17) is 0 Å². The zero-order valence-electron chi connectivity index (χ0n) is 20.7. The Morgan fingerprint density at radius 2 is 1.22 bits per heavy atom. The minimum absolute atomic E-state index is 0.125. The van der Waals surface area contributed by atoms with Crippen molar-refractivity contribution in [3.63, 3.8) is 0 Å². The number of unbranched alkanes of at least 4 members (excludes halogenated alkanes) is 2. The minimum atomic E-state index is 0.125. The predicted octanol–water partition coefficient (Wildman–Crippen LogP) is 9.67. The highest BCUT2D eigenvalue weighted by molar-refractivity contribution is 5.93. The van der Waals surface area contributed by atoms with Crippen LogP contribution >= 0.6 is 0 Å². The average Bonchev–Trinajstić information content (AvgIpc) is 2.70. The third-order valence-electron chi connectivity index (χ3n) is 3.79. The molecule has 0 aliphatic rings. The van der Waals surface area contributed by atoms with Crippen molar-refractivity contribution in [1.82, 2.24) is 0 Å². The molecule has 162 valence electrons. The van der Waals surface area contributed by atoms with Crippen molar-refractivity contribution in [3.8, 4) is 0 Å². The molecule has 1 atom stereocenters. The highest BCUT2D eigenvalue weighted by Crippen LogP contribution is 2.12. The van der Waals surface area contributed by atoms with Crippen molar-refractivity contribution in [2.24, 2.45) is 5.92 Å². The summed E-state index contributed by atoms with van der Waals surface area (Å²) in [6.45, 7) is 22.8. The van der Waals surface area contributed by atoms with Crippen LogP contribution in [-0.2, 0) is 0 Å². The molecule has 0 fully saturated rings. The van der Waals surface area contributed by atoms with Gasteiger partial charge in [-0.05, 0) is 19.8 Å². The van der Waals surface area contributed by atoms with Gasteiger partial charge in [-0.1, -0.05) is 137 Å². The SMILES string of the molecule is CC.CC.CC(=O)c1ccc(C)cc1.CCCC.CCCCC(C)CCC. The lowest BCUT2D eigenvalue weighted by molar-refractivity contribution is 0.101. The Balaban J connectivity index is -0.000000143. The van der Waals surface area contributed by atoms with Crippen molar-refractivity contribution in [2.45, 2.75) is 121 Å². The molecule has 0 saturated heterocycles. The number of Topliss-reactive ketones (excluding diaryl/α,β-unsaturated/α-hetero) is 1. The standard InChI is InChI=1S/C9H10O.C9H20.C4H10.2C2H6/c1-7-3-5-9(6-4-7)8(2)10;1-4-6-8-9(3)7-5-2;1-3-4-2;2*1-2/h3-6H,1-2H3;9H,4-8H2,1-3H3;3-4H2,1-2H3;2*1-2H3. The maximum absolute atomic E-state index is 10.8. The van der Waals surface area contributed by atoms with Gasteiger partial charge in [-0.2, -0.15) is 0 Å². The van der Waals surface area contributed by atoms with Gasteiger partial charge in [-0.25, -0.2) is 0 Å². The zero-order valence-corrected chi connectivity index (χ0v) is 20.7. The van der Waals surface area contributed by atoms with Crippen molar-refractivity contribution in [1.29, 1.82) is 0 Å². The third kappa shape index (κ3) is 29.9. The van der Waals surface area contributed by atoms with Crippen LogP contribution in [0, 0.1) is 12.8 Å². The molecule has 0 amide bonds. The van der Waals surface area contributed by atoms with Crippen LogP contribution in [0.1, 0.15) is 130 Å². The minimum Gasteiger partial charge on any atom is -0.295 e. The maximum atomic E-state index is 10.8. The molecular weight excluding hydrogens is 328 g/mol. The summed E-state index contributed by atoms with van der Waals surface area (Å²) in [4.78, 5) is 10.8. The topological polar surface area (TPSA) is 17.1 Å². The lowest BCUT2D eigenvalue weighted by atomic mass is 10.00. The first-order chi connectivity index (χ1) is 12.9. The highest BCUT2D eigenvalue weighted by Gasteiger charge is 1.97. The Bertz CT molecular complexity index is 362. The summed E-state index contributed by atoms with van der Waals surface area (Å²) in [6, 6.07) is 7.57. The Morgan fingerprint density at radius 1 is 0.778 bits per heavy atom. The first-order valence-corrected chi connectivity index (χ1v) is 11.5. The van der Waals surface area contributed by atoms with Crippen LogP contribution in [0.15, 0.2) is 24.3 Å². The van der Waals surface area contributed by atoms with Crippen LogP contribution in [0.2, 0.25) is 0 Å². The van der Waals surface area contributed by atoms with E-state index in [0.29, 0.717) is 0 Å². The van der Waals surface area contributed by atoms with E-state index in [1.807, 2.05) is 58.9 Å². The number of hydrogen-bond donors (Lipinski definition) is 0. The van der Waals surface area contributed by atoms with Crippen LogP contribution in [0.4, 0.5) is 0 Å². The van der Waals surface area contributed by atoms with Gasteiger partial charge < -0.3 is 0 Å². The molecule has 0 aliphatic heterocycles. The van der Waals surface area contributed by atoms with Gasteiger partial charge in [0.05, 0.1) is 0 Å². The Morgan fingerprint density at radius 3 is 1.52 bits per heavy atom. The molecule has 0 bridgehead atoms. The molecule has 0 aromatic heterocycles. The van der Waals surface area contributed by atoms with Gasteiger partial charge in [0, 0.05) is 5.56 Å². The van der Waals surface area contributed by atoms with E-state index < -0.39 is 0 Å². The molecule has 0 saturated carbocycles. The Hall–Kier alpha value is -1.11. The van der Waals surface area contributed by atoms with E-state index >= 15 is 0 Å². The molecule has 0 N–H and O–H groups in total. The number of rotatable bonds is 7. The smallest absolute Gasteiger partial charge is 0.159 e. The largest absolute Gasteiger partial charge is 0.295 e. The summed E-state index contributed by atoms with van der Waals surface area (Å²) < 4.78 is 0. The fourth-order valence-corrected chi connectivity index (χ4v) is 1.98. The fourth-order valence-electron chi connectivity index (χ4n) is 1.98. The molecule has 1 heteroatoms. The summed E-state index contributed by atoms with van der Waals surface area (Å²) in [5, 5.41) is 0. The average molecular weight is 381 g/mol. The lowest BCUT2D eigenvalue weighted by Gasteiger charge is -2.07. The number of aryl methyl sites for hydroxylation is 1. The van der Waals surface area contributed by atoms with Gasteiger partial charge in [0.2, 0.25) is 0 Å². The Labute approximate surface area is 173 Å². The fraction of sp³-hybridized carbons (Fsp3) is 0.731. The van der Waals surface area contributed by atoms with Crippen LogP contribution < -0.4 is 0 Å². The molecule has 1 aromatic rings. The van der Waals surface area contributed by atoms with Crippen molar-refractivity contribution in [3.05, 3.63) is 35.4 Å². The Kier molecular flexibility index (Phi) is 36.8. The normalized spacial score (nSPS) is 9.59. The van der Waals surface area contributed by atoms with Crippen LogP contribution in [-0.4, -0.2) is 5.78 Å². The number of ketones is 1. The predicted molar refractivity (Wildman–Crippen MR) is 128 cm³/mol. The second kappa shape index (κ2) is 29.6. The van der Waals surface area contributed by atoms with Gasteiger partial charge in [-0.3, -0.25) is 4.79 Å². The van der Waals surface area contributed by atoms with Gasteiger partial charge in [0.1, 0.15) is 0 Å². The summed E-state index contributed by atoms with van der Waals surface area (Å²) >= 11 is 0. The molecule has 0 heterocycles. The van der Waals surface area contributed by atoms with Gasteiger partial charge in [-0.15, -0.1) is 0 Å². The maximum Gasteiger partial charge on any atom is 0.159 e. The number of carbonyl (C=O) groups excluding carboxylic acids is 1. The molecule has 1 unspecified atom stereocenters. The monoisotopic (exact) mass is 380 g/mol. The van der Waals surface area contributed by atoms with E-state index in [2.05, 4.69) is 34.6 Å². The van der Waals surface area contributed by atoms with Crippen molar-refractivity contribution < 1.29 is 4.79 Å². The summed E-state index contributed by atoms with van der Waals surface area (Å²) in [5.74, 6) is 1.09. The molecule has 0 spiro atoms. The zero-order chi connectivity index (χ0) is 22.1. The highest BCUT2D eigenvalue weighted by atomic mass is 16.1. The quantitative estimate of drug-likeness (QED) is 0.430. The third-order valence-corrected chi connectivity index (χ3v) is 3.79. The molecule has 1 aromatic carbocycles. The van der Waals surface area contributed by atoms with Gasteiger partial charge >= 0.3 is 0 Å². The van der Waals surface area contributed by atoms with Gasteiger partial charge in [0.25, 0.3) is 0 Å². The molecule has 0 aliphatic carbocycles. The molecular formula is C26H52O. The van der Waals surface area contributed by atoms with E-state index in [9.17, 15) is 4.79 Å². The van der Waals surface area contributed by atoms with E-state index in [1.54, 1.807) is 6.92 Å².